The molecule has 2 heteroatoms. The monoisotopic (exact) mass is 274 g/mol. The van der Waals surface area contributed by atoms with Gasteiger partial charge in [0.1, 0.15) is 0 Å². The van der Waals surface area contributed by atoms with Crippen LogP contribution in [0.2, 0.25) is 0 Å². The molecule has 1 saturated carbocycles. The minimum Gasteiger partial charge on any atom is -0.315 e. The average molecular weight is 274 g/mol. The van der Waals surface area contributed by atoms with Gasteiger partial charge in [-0.2, -0.15) is 0 Å². The fraction of sp³-hybridized carbons (Fsp3) is 0.667. The fourth-order valence-corrected chi connectivity index (χ4v) is 3.04. The maximum Gasteiger partial charge on any atom is 0.0104 e. The van der Waals surface area contributed by atoms with Crippen molar-refractivity contribution in [1.82, 2.24) is 10.2 Å². The molecule has 1 aliphatic carbocycles. The van der Waals surface area contributed by atoms with Crippen LogP contribution in [0, 0.1) is 5.92 Å². The summed E-state index contributed by atoms with van der Waals surface area (Å²) in [6.07, 6.45) is 8.39. The van der Waals surface area contributed by atoms with Gasteiger partial charge in [-0.3, -0.25) is 0 Å². The van der Waals surface area contributed by atoms with Gasteiger partial charge in [-0.05, 0) is 44.3 Å². The molecule has 1 fully saturated rings. The Balaban J connectivity index is 1.50. The Bertz CT molecular complexity index is 344. The molecule has 2 nitrogen and oxygen atoms in total. The number of nitrogens with zero attached hydrogens (tertiary/aromatic N) is 1. The number of likely N-dealkylation sites (N-methyl/N-ethyl adjacent to an activating group) is 1. The van der Waals surface area contributed by atoms with Gasteiger partial charge in [0, 0.05) is 19.6 Å². The first kappa shape index (κ1) is 15.5. The van der Waals surface area contributed by atoms with Gasteiger partial charge < -0.3 is 10.2 Å². The minimum atomic E-state index is 0.943. The highest BCUT2D eigenvalue weighted by Gasteiger charge is 2.12. The van der Waals surface area contributed by atoms with Crippen LogP contribution in [0.15, 0.2) is 30.3 Å². The van der Waals surface area contributed by atoms with E-state index in [-0.39, 0.29) is 0 Å². The molecular weight excluding hydrogens is 244 g/mol. The van der Waals surface area contributed by atoms with Crippen LogP contribution in [0.5, 0.6) is 0 Å². The van der Waals surface area contributed by atoms with E-state index in [0.29, 0.717) is 0 Å². The van der Waals surface area contributed by atoms with Crippen molar-refractivity contribution in [2.45, 2.75) is 38.5 Å². The summed E-state index contributed by atoms with van der Waals surface area (Å²) in [4.78, 5) is 2.43. The third-order valence-corrected chi connectivity index (χ3v) is 4.45. The zero-order valence-electron chi connectivity index (χ0n) is 13.0. The number of hydrogen-bond acceptors (Lipinski definition) is 2. The van der Waals surface area contributed by atoms with E-state index in [0.717, 1.165) is 32.0 Å². The molecule has 0 aromatic heterocycles. The van der Waals surface area contributed by atoms with Gasteiger partial charge in [0.15, 0.2) is 0 Å². The van der Waals surface area contributed by atoms with Crippen molar-refractivity contribution in [2.24, 2.45) is 5.92 Å². The Hall–Kier alpha value is -0.860. The van der Waals surface area contributed by atoms with Crippen molar-refractivity contribution in [3.05, 3.63) is 35.9 Å². The van der Waals surface area contributed by atoms with Crippen molar-refractivity contribution in [3.8, 4) is 0 Å². The van der Waals surface area contributed by atoms with Crippen LogP contribution in [-0.2, 0) is 6.42 Å². The standard InChI is InChI=1S/C18H30N2/c1-20(14-12-17-8-4-2-5-9-17)15-13-19-16-18-10-6-3-7-11-18/h2,4-5,8-9,18-19H,3,6-7,10-16H2,1H3. The molecule has 0 amide bonds. The van der Waals surface area contributed by atoms with E-state index in [1.54, 1.807) is 0 Å². The quantitative estimate of drug-likeness (QED) is 0.732. The Labute approximate surface area is 124 Å². The summed E-state index contributed by atoms with van der Waals surface area (Å²) in [7, 11) is 2.23. The molecule has 0 spiro atoms. The smallest absolute Gasteiger partial charge is 0.0104 e. The lowest BCUT2D eigenvalue weighted by Gasteiger charge is -2.23. The Kier molecular flexibility index (Phi) is 7.10. The summed E-state index contributed by atoms with van der Waals surface area (Å²) in [6, 6.07) is 10.8. The predicted octanol–water partition coefficient (Wildman–Crippen LogP) is 3.33. The van der Waals surface area contributed by atoms with Crippen LogP contribution >= 0.6 is 0 Å². The van der Waals surface area contributed by atoms with Gasteiger partial charge in [-0.15, -0.1) is 0 Å². The van der Waals surface area contributed by atoms with E-state index in [2.05, 4.69) is 47.6 Å². The van der Waals surface area contributed by atoms with Crippen LogP contribution in [0.1, 0.15) is 37.7 Å². The van der Waals surface area contributed by atoms with Crippen molar-refractivity contribution in [1.29, 1.82) is 0 Å². The molecule has 1 aromatic carbocycles. The van der Waals surface area contributed by atoms with Gasteiger partial charge in [-0.25, -0.2) is 0 Å². The third-order valence-electron chi connectivity index (χ3n) is 4.45. The van der Waals surface area contributed by atoms with E-state index in [1.807, 2.05) is 0 Å². The van der Waals surface area contributed by atoms with Crippen LogP contribution < -0.4 is 5.32 Å². The second-order valence-corrected chi connectivity index (χ2v) is 6.25. The molecule has 1 aliphatic rings. The molecular formula is C18H30N2. The molecule has 0 aliphatic heterocycles. The Morgan fingerprint density at radius 1 is 1.05 bits per heavy atom. The zero-order valence-corrected chi connectivity index (χ0v) is 13.0. The number of nitrogens with one attached hydrogen (secondary N) is 1. The number of hydrogen-bond donors (Lipinski definition) is 1. The second kappa shape index (κ2) is 9.15. The zero-order chi connectivity index (χ0) is 14.0. The molecule has 0 radical (unpaired) electrons. The van der Waals surface area contributed by atoms with Crippen LogP contribution in [0.25, 0.3) is 0 Å². The molecule has 0 bridgehead atoms. The molecule has 20 heavy (non-hydrogen) atoms. The molecule has 1 N–H and O–H groups in total. The van der Waals surface area contributed by atoms with E-state index >= 15 is 0 Å². The lowest BCUT2D eigenvalue weighted by molar-refractivity contribution is 0.310. The first-order valence-corrected chi connectivity index (χ1v) is 8.28. The Morgan fingerprint density at radius 2 is 1.80 bits per heavy atom. The van der Waals surface area contributed by atoms with Gasteiger partial charge in [0.05, 0.1) is 0 Å². The highest BCUT2D eigenvalue weighted by Crippen LogP contribution is 2.22. The molecule has 0 atom stereocenters. The molecule has 0 unspecified atom stereocenters. The molecule has 1 aromatic rings. The Morgan fingerprint density at radius 3 is 2.55 bits per heavy atom. The van der Waals surface area contributed by atoms with E-state index in [1.165, 1.54) is 44.2 Å². The molecule has 0 saturated heterocycles. The summed E-state index contributed by atoms with van der Waals surface area (Å²) < 4.78 is 0. The average Bonchev–Trinajstić information content (AvgIpc) is 2.52. The first-order valence-electron chi connectivity index (χ1n) is 8.28. The van der Waals surface area contributed by atoms with E-state index < -0.39 is 0 Å². The highest BCUT2D eigenvalue weighted by atomic mass is 15.1. The van der Waals surface area contributed by atoms with Gasteiger partial charge in [0.2, 0.25) is 0 Å². The number of rotatable bonds is 8. The largest absolute Gasteiger partial charge is 0.315 e. The fourth-order valence-electron chi connectivity index (χ4n) is 3.04. The molecule has 112 valence electrons. The summed E-state index contributed by atoms with van der Waals surface area (Å²) in [6.45, 7) is 4.66. The maximum absolute atomic E-state index is 3.64. The van der Waals surface area contributed by atoms with Crippen LogP contribution in [0.3, 0.4) is 0 Å². The topological polar surface area (TPSA) is 15.3 Å². The van der Waals surface area contributed by atoms with Crippen LogP contribution in [-0.4, -0.2) is 38.1 Å². The van der Waals surface area contributed by atoms with Crippen molar-refractivity contribution in [3.63, 3.8) is 0 Å². The summed E-state index contributed by atoms with van der Waals surface area (Å²) in [5.41, 5.74) is 1.44. The van der Waals surface area contributed by atoms with Crippen molar-refractivity contribution < 1.29 is 0 Å². The molecule has 0 heterocycles. The van der Waals surface area contributed by atoms with E-state index in [4.69, 9.17) is 0 Å². The van der Waals surface area contributed by atoms with Crippen LogP contribution in [0.4, 0.5) is 0 Å². The normalized spacial score (nSPS) is 16.7. The van der Waals surface area contributed by atoms with Gasteiger partial charge in [0.25, 0.3) is 0 Å². The summed E-state index contributed by atoms with van der Waals surface area (Å²) >= 11 is 0. The SMILES string of the molecule is CN(CCNCC1CCCCC1)CCc1ccccc1. The lowest BCUT2D eigenvalue weighted by Crippen LogP contribution is -2.33. The lowest BCUT2D eigenvalue weighted by atomic mass is 9.89. The van der Waals surface area contributed by atoms with Gasteiger partial charge in [-0.1, -0.05) is 49.6 Å². The summed E-state index contributed by atoms with van der Waals surface area (Å²) in [5, 5.41) is 3.64. The maximum atomic E-state index is 3.64. The number of benzene rings is 1. The molecule has 2 rings (SSSR count). The third kappa shape index (κ3) is 6.06. The van der Waals surface area contributed by atoms with Crippen molar-refractivity contribution in [2.75, 3.05) is 33.2 Å². The van der Waals surface area contributed by atoms with Gasteiger partial charge >= 0.3 is 0 Å². The first-order chi connectivity index (χ1) is 9.84. The predicted molar refractivity (Wildman–Crippen MR) is 87.1 cm³/mol. The van der Waals surface area contributed by atoms with Crippen molar-refractivity contribution >= 4 is 0 Å². The summed E-state index contributed by atoms with van der Waals surface area (Å²) in [5.74, 6) is 0.943. The second-order valence-electron chi connectivity index (χ2n) is 6.25. The highest BCUT2D eigenvalue weighted by molar-refractivity contribution is 5.14. The minimum absolute atomic E-state index is 0.943. The van der Waals surface area contributed by atoms with E-state index in [9.17, 15) is 0 Å².